The monoisotopic (exact) mass is 313 g/mol. The highest BCUT2D eigenvalue weighted by Crippen LogP contribution is 2.25. The summed E-state index contributed by atoms with van der Waals surface area (Å²) in [7, 11) is 0. The van der Waals surface area contributed by atoms with Gasteiger partial charge in [0.25, 0.3) is 5.56 Å². The van der Waals surface area contributed by atoms with Crippen molar-refractivity contribution in [3.8, 4) is 0 Å². The number of halogens is 1. The fraction of sp³-hybridized carbons (Fsp3) is 0.188. The van der Waals surface area contributed by atoms with Crippen molar-refractivity contribution in [1.82, 2.24) is 15.0 Å². The Kier molecular flexibility index (Phi) is 4.03. The molecule has 0 saturated carbocycles. The van der Waals surface area contributed by atoms with E-state index in [0.29, 0.717) is 28.1 Å². The van der Waals surface area contributed by atoms with Crippen LogP contribution in [0, 0.1) is 12.7 Å². The Morgan fingerprint density at radius 2 is 2.13 bits per heavy atom. The van der Waals surface area contributed by atoms with Crippen LogP contribution < -0.4 is 16.6 Å². The molecule has 6 nitrogen and oxygen atoms in total. The Hall–Kier alpha value is -2.80. The Bertz CT molecular complexity index is 922. The number of nitrogens with zero attached hydrogens (tertiary/aromatic N) is 2. The lowest BCUT2D eigenvalue weighted by molar-refractivity contribution is 0.636. The minimum absolute atomic E-state index is 0.194. The van der Waals surface area contributed by atoms with Crippen molar-refractivity contribution in [3.63, 3.8) is 0 Å². The highest BCUT2D eigenvalue weighted by Gasteiger charge is 2.08. The topological polar surface area (TPSA) is 96.7 Å². The SMILES string of the molecule is Cc1cc(NCc2nc(CN)cc(=O)[nH]2)c2cccc(F)c2n1. The minimum Gasteiger partial charge on any atom is -0.377 e. The van der Waals surface area contributed by atoms with Crippen molar-refractivity contribution in [3.05, 3.63) is 63.7 Å². The summed E-state index contributed by atoms with van der Waals surface area (Å²) in [5.41, 5.74) is 7.53. The molecule has 4 N–H and O–H groups in total. The van der Waals surface area contributed by atoms with Gasteiger partial charge in [-0.05, 0) is 19.1 Å². The number of hydrogen-bond acceptors (Lipinski definition) is 5. The first-order chi connectivity index (χ1) is 11.1. The Labute approximate surface area is 131 Å². The van der Waals surface area contributed by atoms with E-state index in [9.17, 15) is 9.18 Å². The predicted molar refractivity (Wildman–Crippen MR) is 86.5 cm³/mol. The normalized spacial score (nSPS) is 10.9. The number of benzene rings is 1. The van der Waals surface area contributed by atoms with Crippen LogP contribution in [-0.2, 0) is 13.1 Å². The first kappa shape index (κ1) is 15.1. The number of rotatable bonds is 4. The Balaban J connectivity index is 1.95. The molecule has 3 aromatic rings. The average molecular weight is 313 g/mol. The van der Waals surface area contributed by atoms with Crippen LogP contribution in [0.5, 0.6) is 0 Å². The molecule has 3 rings (SSSR count). The standard InChI is InChI=1S/C16H16FN5O/c1-9-5-13(11-3-2-4-12(17)16(11)20-9)19-8-14-21-10(7-18)6-15(23)22-14/h2-6H,7-8,18H2,1H3,(H,19,20)(H,21,22,23). The van der Waals surface area contributed by atoms with Gasteiger partial charge in [0.05, 0.1) is 12.2 Å². The molecule has 0 fully saturated rings. The second-order valence-corrected chi connectivity index (χ2v) is 5.19. The van der Waals surface area contributed by atoms with Crippen LogP contribution in [0.2, 0.25) is 0 Å². The zero-order valence-electron chi connectivity index (χ0n) is 12.6. The molecule has 2 aromatic heterocycles. The first-order valence-electron chi connectivity index (χ1n) is 7.16. The van der Waals surface area contributed by atoms with Gasteiger partial charge in [-0.25, -0.2) is 14.4 Å². The van der Waals surface area contributed by atoms with Gasteiger partial charge in [-0.15, -0.1) is 0 Å². The first-order valence-corrected chi connectivity index (χ1v) is 7.16. The number of H-pyrrole nitrogens is 1. The van der Waals surface area contributed by atoms with E-state index >= 15 is 0 Å². The number of pyridine rings is 1. The van der Waals surface area contributed by atoms with E-state index in [0.717, 1.165) is 5.69 Å². The third kappa shape index (κ3) is 3.19. The number of nitrogens with one attached hydrogen (secondary N) is 2. The number of aryl methyl sites for hydroxylation is 1. The van der Waals surface area contributed by atoms with Gasteiger partial charge >= 0.3 is 0 Å². The highest BCUT2D eigenvalue weighted by atomic mass is 19.1. The second kappa shape index (κ2) is 6.13. The van der Waals surface area contributed by atoms with E-state index < -0.39 is 0 Å². The van der Waals surface area contributed by atoms with Crippen molar-refractivity contribution in [1.29, 1.82) is 0 Å². The summed E-state index contributed by atoms with van der Waals surface area (Å²) in [5, 5.41) is 3.84. The van der Waals surface area contributed by atoms with E-state index in [1.807, 2.05) is 6.07 Å². The maximum Gasteiger partial charge on any atom is 0.251 e. The molecular weight excluding hydrogens is 297 g/mol. The summed E-state index contributed by atoms with van der Waals surface area (Å²) in [6, 6.07) is 7.99. The van der Waals surface area contributed by atoms with Gasteiger partial charge in [0.1, 0.15) is 17.2 Å². The van der Waals surface area contributed by atoms with Gasteiger partial charge in [-0.2, -0.15) is 0 Å². The summed E-state index contributed by atoms with van der Waals surface area (Å²) in [6.45, 7) is 2.28. The van der Waals surface area contributed by atoms with Crippen molar-refractivity contribution in [2.75, 3.05) is 5.32 Å². The van der Waals surface area contributed by atoms with Crippen molar-refractivity contribution < 1.29 is 4.39 Å². The molecule has 0 aliphatic carbocycles. The molecule has 1 aromatic carbocycles. The van der Waals surface area contributed by atoms with Gasteiger partial charge in [0.15, 0.2) is 0 Å². The third-order valence-corrected chi connectivity index (χ3v) is 3.42. The summed E-state index contributed by atoms with van der Waals surface area (Å²) in [6.07, 6.45) is 0. The average Bonchev–Trinajstić information content (AvgIpc) is 2.53. The maximum atomic E-state index is 13.9. The molecule has 0 aliphatic rings. The van der Waals surface area contributed by atoms with Crippen LogP contribution in [0.1, 0.15) is 17.2 Å². The highest BCUT2D eigenvalue weighted by molar-refractivity contribution is 5.91. The van der Waals surface area contributed by atoms with Crippen molar-refractivity contribution >= 4 is 16.6 Å². The number of fused-ring (bicyclic) bond motifs is 1. The van der Waals surface area contributed by atoms with Crippen LogP contribution >= 0.6 is 0 Å². The van der Waals surface area contributed by atoms with Crippen LogP contribution in [0.15, 0.2) is 35.1 Å². The van der Waals surface area contributed by atoms with Crippen LogP contribution in [0.25, 0.3) is 10.9 Å². The minimum atomic E-state index is -0.370. The van der Waals surface area contributed by atoms with Gasteiger partial charge in [-0.1, -0.05) is 12.1 Å². The molecule has 0 radical (unpaired) electrons. The molecule has 23 heavy (non-hydrogen) atoms. The van der Waals surface area contributed by atoms with Crippen LogP contribution in [-0.4, -0.2) is 15.0 Å². The number of hydrogen-bond donors (Lipinski definition) is 3. The van der Waals surface area contributed by atoms with Crippen molar-refractivity contribution in [2.45, 2.75) is 20.0 Å². The van der Waals surface area contributed by atoms with Crippen LogP contribution in [0.4, 0.5) is 10.1 Å². The quantitative estimate of drug-likeness (QED) is 0.683. The van der Waals surface area contributed by atoms with E-state index in [4.69, 9.17) is 5.73 Å². The smallest absolute Gasteiger partial charge is 0.251 e. The summed E-state index contributed by atoms with van der Waals surface area (Å²) in [4.78, 5) is 22.7. The molecule has 0 bridgehead atoms. The van der Waals surface area contributed by atoms with Gasteiger partial charge in [0, 0.05) is 29.4 Å². The number of aromatic amines is 1. The Morgan fingerprint density at radius 3 is 2.91 bits per heavy atom. The zero-order valence-corrected chi connectivity index (χ0v) is 12.6. The summed E-state index contributed by atoms with van der Waals surface area (Å²) in [5.74, 6) is 0.0999. The number of para-hydroxylation sites is 1. The second-order valence-electron chi connectivity index (χ2n) is 5.19. The van der Waals surface area contributed by atoms with Crippen LogP contribution in [0.3, 0.4) is 0 Å². The molecule has 0 atom stereocenters. The predicted octanol–water partition coefficient (Wildman–Crippen LogP) is 1.84. The molecule has 0 aliphatic heterocycles. The van der Waals surface area contributed by atoms with Crippen molar-refractivity contribution in [2.24, 2.45) is 5.73 Å². The lowest BCUT2D eigenvalue weighted by atomic mass is 10.1. The molecule has 7 heteroatoms. The summed E-state index contributed by atoms with van der Waals surface area (Å²) >= 11 is 0. The fourth-order valence-corrected chi connectivity index (χ4v) is 2.42. The van der Waals surface area contributed by atoms with Gasteiger partial charge in [0.2, 0.25) is 0 Å². The van der Waals surface area contributed by atoms with E-state index in [-0.39, 0.29) is 24.5 Å². The molecule has 0 spiro atoms. The van der Waals surface area contributed by atoms with E-state index in [2.05, 4.69) is 20.3 Å². The molecule has 0 unspecified atom stereocenters. The fourth-order valence-electron chi connectivity index (χ4n) is 2.42. The van der Waals surface area contributed by atoms with Gasteiger partial charge < -0.3 is 16.0 Å². The largest absolute Gasteiger partial charge is 0.377 e. The lowest BCUT2D eigenvalue weighted by Gasteiger charge is -2.11. The van der Waals surface area contributed by atoms with E-state index in [1.165, 1.54) is 12.1 Å². The zero-order chi connectivity index (χ0) is 16.4. The maximum absolute atomic E-state index is 13.9. The molecule has 0 saturated heterocycles. The lowest BCUT2D eigenvalue weighted by Crippen LogP contribution is -2.17. The number of nitrogens with two attached hydrogens (primary N) is 1. The Morgan fingerprint density at radius 1 is 1.30 bits per heavy atom. The number of anilines is 1. The molecular formula is C16H16FN5O. The molecule has 0 amide bonds. The third-order valence-electron chi connectivity index (χ3n) is 3.42. The summed E-state index contributed by atoms with van der Waals surface area (Å²) < 4.78 is 13.9. The number of aromatic nitrogens is 3. The van der Waals surface area contributed by atoms with E-state index in [1.54, 1.807) is 19.1 Å². The van der Waals surface area contributed by atoms with Gasteiger partial charge in [-0.3, -0.25) is 4.79 Å². The molecule has 118 valence electrons. The molecule has 2 heterocycles.